The maximum Gasteiger partial charge on any atom is 0.143 e. The molecule has 0 aliphatic heterocycles. The Balaban J connectivity index is 1.87. The van der Waals surface area contributed by atoms with Crippen LogP contribution in [0.15, 0.2) is 30.6 Å². The lowest BCUT2D eigenvalue weighted by atomic mass is 9.92. The first-order chi connectivity index (χ1) is 10.2. The van der Waals surface area contributed by atoms with Crippen molar-refractivity contribution in [3.8, 4) is 11.4 Å². The van der Waals surface area contributed by atoms with Crippen molar-refractivity contribution in [3.63, 3.8) is 0 Å². The predicted octanol–water partition coefficient (Wildman–Crippen LogP) is 3.96. The van der Waals surface area contributed by atoms with Gasteiger partial charge in [-0.05, 0) is 37.8 Å². The number of aromatic nitrogens is 2. The van der Waals surface area contributed by atoms with E-state index in [9.17, 15) is 8.78 Å². The van der Waals surface area contributed by atoms with Crippen LogP contribution in [0.4, 0.5) is 8.78 Å². The third-order valence-corrected chi connectivity index (χ3v) is 4.21. The first-order valence-electron chi connectivity index (χ1n) is 7.20. The van der Waals surface area contributed by atoms with Crippen molar-refractivity contribution in [3.05, 3.63) is 42.2 Å². The smallest absolute Gasteiger partial charge is 0.143 e. The normalized spacial score (nSPS) is 22.4. The Morgan fingerprint density at radius 1 is 1.19 bits per heavy atom. The number of methoxy groups -OCH3 is 1. The summed E-state index contributed by atoms with van der Waals surface area (Å²) < 4.78 is 34.4. The van der Waals surface area contributed by atoms with E-state index in [1.807, 2.05) is 10.8 Å². The molecule has 0 amide bonds. The maximum atomic E-state index is 14.0. The number of benzene rings is 1. The fraction of sp³-hybridized carbons (Fsp3) is 0.438. The van der Waals surface area contributed by atoms with Gasteiger partial charge in [0.1, 0.15) is 17.5 Å². The van der Waals surface area contributed by atoms with E-state index in [1.54, 1.807) is 13.3 Å². The highest BCUT2D eigenvalue weighted by Gasteiger charge is 2.24. The van der Waals surface area contributed by atoms with Crippen LogP contribution in [0.25, 0.3) is 11.4 Å². The quantitative estimate of drug-likeness (QED) is 0.856. The fourth-order valence-electron chi connectivity index (χ4n) is 3.05. The molecule has 1 aliphatic carbocycles. The monoisotopic (exact) mass is 292 g/mol. The van der Waals surface area contributed by atoms with Crippen LogP contribution >= 0.6 is 0 Å². The molecule has 2 aromatic rings. The van der Waals surface area contributed by atoms with Gasteiger partial charge < -0.3 is 9.30 Å². The summed E-state index contributed by atoms with van der Waals surface area (Å²) in [4.78, 5) is 4.26. The van der Waals surface area contributed by atoms with Gasteiger partial charge in [0.25, 0.3) is 0 Å². The van der Waals surface area contributed by atoms with Crippen molar-refractivity contribution in [2.24, 2.45) is 0 Å². The summed E-state index contributed by atoms with van der Waals surface area (Å²) in [6.45, 7) is 0. The van der Waals surface area contributed by atoms with Crippen LogP contribution in [0.3, 0.4) is 0 Å². The van der Waals surface area contributed by atoms with Gasteiger partial charge in [0.2, 0.25) is 0 Å². The standard InChI is InChI=1S/C16H18F2N2O/c1-21-13-5-3-12(4-6-13)20-9-8-19-16(20)14-7-2-11(17)10-15(14)18/h2,7-10,12-13H,3-6H2,1H3. The first-order valence-corrected chi connectivity index (χ1v) is 7.20. The van der Waals surface area contributed by atoms with Crippen LogP contribution in [0.1, 0.15) is 31.7 Å². The zero-order valence-electron chi connectivity index (χ0n) is 11.9. The SMILES string of the molecule is COC1CCC(n2ccnc2-c2ccc(F)cc2F)CC1. The van der Waals surface area contributed by atoms with Gasteiger partial charge in [0, 0.05) is 31.6 Å². The molecule has 0 N–H and O–H groups in total. The van der Waals surface area contributed by atoms with Gasteiger partial charge in [-0.25, -0.2) is 13.8 Å². The van der Waals surface area contributed by atoms with Gasteiger partial charge >= 0.3 is 0 Å². The molecule has 0 spiro atoms. The Labute approximate surface area is 122 Å². The van der Waals surface area contributed by atoms with Crippen molar-refractivity contribution < 1.29 is 13.5 Å². The molecule has 1 aliphatic rings. The number of hydrogen-bond acceptors (Lipinski definition) is 2. The predicted molar refractivity (Wildman–Crippen MR) is 75.9 cm³/mol. The Hall–Kier alpha value is -1.75. The number of imidazole rings is 1. The van der Waals surface area contributed by atoms with Gasteiger partial charge in [-0.15, -0.1) is 0 Å². The second kappa shape index (κ2) is 5.93. The Kier molecular flexibility index (Phi) is 4.01. The second-order valence-electron chi connectivity index (χ2n) is 5.45. The minimum atomic E-state index is -0.576. The largest absolute Gasteiger partial charge is 0.381 e. The summed E-state index contributed by atoms with van der Waals surface area (Å²) in [5.74, 6) is -0.587. The van der Waals surface area contributed by atoms with E-state index >= 15 is 0 Å². The minimum Gasteiger partial charge on any atom is -0.381 e. The molecule has 1 saturated carbocycles. The van der Waals surface area contributed by atoms with Gasteiger partial charge in [0.15, 0.2) is 0 Å². The molecule has 21 heavy (non-hydrogen) atoms. The van der Waals surface area contributed by atoms with E-state index in [1.165, 1.54) is 12.1 Å². The number of hydrogen-bond donors (Lipinski definition) is 0. The van der Waals surface area contributed by atoms with Crippen molar-refractivity contribution >= 4 is 0 Å². The summed E-state index contributed by atoms with van der Waals surface area (Å²) >= 11 is 0. The second-order valence-corrected chi connectivity index (χ2v) is 5.45. The van der Waals surface area contributed by atoms with Crippen LogP contribution in [0.5, 0.6) is 0 Å². The molecule has 112 valence electrons. The van der Waals surface area contributed by atoms with Crippen molar-refractivity contribution in [2.45, 2.75) is 37.8 Å². The third-order valence-electron chi connectivity index (χ3n) is 4.21. The number of nitrogens with zero attached hydrogens (tertiary/aromatic N) is 2. The van der Waals surface area contributed by atoms with Crippen LogP contribution in [-0.4, -0.2) is 22.8 Å². The lowest BCUT2D eigenvalue weighted by Crippen LogP contribution is -2.22. The molecule has 1 aromatic heterocycles. The summed E-state index contributed by atoms with van der Waals surface area (Å²) in [7, 11) is 1.74. The molecule has 3 nitrogen and oxygen atoms in total. The maximum absolute atomic E-state index is 14.0. The number of rotatable bonds is 3. The molecule has 5 heteroatoms. The van der Waals surface area contributed by atoms with Crippen LogP contribution in [-0.2, 0) is 4.74 Å². The summed E-state index contributed by atoms with van der Waals surface area (Å²) in [6.07, 6.45) is 7.79. The molecular weight excluding hydrogens is 274 g/mol. The molecule has 3 rings (SSSR count). The molecule has 1 aromatic carbocycles. The van der Waals surface area contributed by atoms with E-state index < -0.39 is 11.6 Å². The minimum absolute atomic E-state index is 0.290. The summed E-state index contributed by atoms with van der Waals surface area (Å²) in [5.41, 5.74) is 0.343. The topological polar surface area (TPSA) is 27.1 Å². The molecule has 1 fully saturated rings. The van der Waals surface area contributed by atoms with E-state index in [2.05, 4.69) is 4.98 Å². The highest BCUT2D eigenvalue weighted by Crippen LogP contribution is 2.33. The van der Waals surface area contributed by atoms with Gasteiger partial charge in [-0.1, -0.05) is 0 Å². The van der Waals surface area contributed by atoms with E-state index in [0.29, 0.717) is 23.5 Å². The summed E-state index contributed by atoms with van der Waals surface area (Å²) in [5, 5.41) is 0. The third kappa shape index (κ3) is 2.83. The van der Waals surface area contributed by atoms with Crippen molar-refractivity contribution in [1.82, 2.24) is 9.55 Å². The zero-order valence-corrected chi connectivity index (χ0v) is 11.9. The molecule has 0 unspecified atom stereocenters. The summed E-state index contributed by atoms with van der Waals surface area (Å²) in [6, 6.07) is 3.90. The Morgan fingerprint density at radius 2 is 1.95 bits per heavy atom. The molecule has 1 heterocycles. The Morgan fingerprint density at radius 3 is 2.62 bits per heavy atom. The molecular formula is C16H18F2N2O. The van der Waals surface area contributed by atoms with E-state index in [0.717, 1.165) is 31.7 Å². The van der Waals surface area contributed by atoms with Crippen molar-refractivity contribution in [2.75, 3.05) is 7.11 Å². The molecule has 0 atom stereocenters. The van der Waals surface area contributed by atoms with Gasteiger partial charge in [0.05, 0.1) is 11.7 Å². The number of ether oxygens (including phenoxy) is 1. The number of halogens is 2. The van der Waals surface area contributed by atoms with Crippen LogP contribution in [0, 0.1) is 11.6 Å². The highest BCUT2D eigenvalue weighted by molar-refractivity contribution is 5.56. The lowest BCUT2D eigenvalue weighted by molar-refractivity contribution is 0.0586. The average Bonchev–Trinajstić information content (AvgIpc) is 2.96. The zero-order chi connectivity index (χ0) is 14.8. The highest BCUT2D eigenvalue weighted by atomic mass is 19.1. The van der Waals surface area contributed by atoms with Gasteiger partial charge in [-0.2, -0.15) is 0 Å². The Bertz CT molecular complexity index is 618. The van der Waals surface area contributed by atoms with Crippen LogP contribution < -0.4 is 0 Å². The van der Waals surface area contributed by atoms with Crippen molar-refractivity contribution in [1.29, 1.82) is 0 Å². The van der Waals surface area contributed by atoms with Crippen LogP contribution in [0.2, 0.25) is 0 Å². The lowest BCUT2D eigenvalue weighted by Gasteiger charge is -2.29. The van der Waals surface area contributed by atoms with E-state index in [-0.39, 0.29) is 0 Å². The molecule has 0 bridgehead atoms. The first kappa shape index (κ1) is 14.2. The van der Waals surface area contributed by atoms with Gasteiger partial charge in [-0.3, -0.25) is 0 Å². The molecule has 0 saturated heterocycles. The molecule has 0 radical (unpaired) electrons. The van der Waals surface area contributed by atoms with E-state index in [4.69, 9.17) is 4.74 Å². The average molecular weight is 292 g/mol. The fourth-order valence-corrected chi connectivity index (χ4v) is 3.05.